The Hall–Kier alpha value is -2.07. The number of nitrogens with one attached hydrogen (secondary N) is 1. The van der Waals surface area contributed by atoms with Crippen molar-refractivity contribution in [1.82, 2.24) is 4.98 Å². The van der Waals surface area contributed by atoms with E-state index in [-0.39, 0.29) is 0 Å². The molecule has 0 atom stereocenters. The number of ether oxygens (including phenoxy) is 1. The second-order valence-corrected chi connectivity index (χ2v) is 4.67. The van der Waals surface area contributed by atoms with Gasteiger partial charge in [-0.05, 0) is 38.0 Å². The first kappa shape index (κ1) is 13.4. The molecule has 1 aromatic heterocycles. The quantitative estimate of drug-likeness (QED) is 0.653. The monoisotopic (exact) mass is 257 g/mol. The van der Waals surface area contributed by atoms with Gasteiger partial charge in [-0.3, -0.25) is 0 Å². The number of aryl methyl sites for hydroxylation is 3. The minimum Gasteiger partial charge on any atom is -0.488 e. The van der Waals surface area contributed by atoms with Crippen LogP contribution in [0.25, 0.3) is 0 Å². The molecular weight excluding hydrogens is 238 g/mol. The number of hydrogen-bond donors (Lipinski definition) is 2. The van der Waals surface area contributed by atoms with E-state index in [0.29, 0.717) is 12.4 Å². The van der Waals surface area contributed by atoms with Gasteiger partial charge in [-0.25, -0.2) is 10.8 Å². The van der Waals surface area contributed by atoms with E-state index in [4.69, 9.17) is 10.6 Å². The van der Waals surface area contributed by atoms with Gasteiger partial charge >= 0.3 is 0 Å². The predicted molar refractivity (Wildman–Crippen MR) is 77.0 cm³/mol. The summed E-state index contributed by atoms with van der Waals surface area (Å²) in [5.74, 6) is 7.00. The van der Waals surface area contributed by atoms with Crippen LogP contribution in [0.2, 0.25) is 0 Å². The molecule has 0 aliphatic heterocycles. The molecule has 2 rings (SSSR count). The SMILES string of the molecule is Cc1cc(C)c(OCc2cccnc2NN)c(C)c1. The Kier molecular flexibility index (Phi) is 4.02. The maximum absolute atomic E-state index is 5.92. The first-order valence-electron chi connectivity index (χ1n) is 6.23. The molecule has 2 aromatic rings. The van der Waals surface area contributed by atoms with Crippen molar-refractivity contribution in [3.05, 3.63) is 52.7 Å². The maximum atomic E-state index is 5.92. The Balaban J connectivity index is 2.19. The number of aromatic nitrogens is 1. The van der Waals surface area contributed by atoms with Crippen molar-refractivity contribution in [1.29, 1.82) is 0 Å². The summed E-state index contributed by atoms with van der Waals surface area (Å²) in [4.78, 5) is 4.15. The van der Waals surface area contributed by atoms with Crippen LogP contribution < -0.4 is 16.0 Å². The molecule has 3 N–H and O–H groups in total. The van der Waals surface area contributed by atoms with Crippen LogP contribution in [0.3, 0.4) is 0 Å². The molecule has 0 aliphatic carbocycles. The van der Waals surface area contributed by atoms with Crippen molar-refractivity contribution in [3.8, 4) is 5.75 Å². The van der Waals surface area contributed by atoms with Gasteiger partial charge in [0.1, 0.15) is 18.2 Å². The Bertz CT molecular complexity index is 558. The van der Waals surface area contributed by atoms with Gasteiger partial charge in [-0.2, -0.15) is 0 Å². The maximum Gasteiger partial charge on any atom is 0.146 e. The zero-order chi connectivity index (χ0) is 13.8. The van der Waals surface area contributed by atoms with Gasteiger partial charge in [0.15, 0.2) is 0 Å². The van der Waals surface area contributed by atoms with Gasteiger partial charge in [0.2, 0.25) is 0 Å². The fourth-order valence-corrected chi connectivity index (χ4v) is 2.23. The van der Waals surface area contributed by atoms with Gasteiger partial charge in [0.05, 0.1) is 0 Å². The lowest BCUT2D eigenvalue weighted by molar-refractivity contribution is 0.302. The molecule has 0 saturated heterocycles. The summed E-state index contributed by atoms with van der Waals surface area (Å²) in [6.07, 6.45) is 1.70. The number of hydrazine groups is 1. The average Bonchev–Trinajstić information content (AvgIpc) is 2.38. The number of nitrogens with zero attached hydrogens (tertiary/aromatic N) is 1. The Labute approximate surface area is 113 Å². The lowest BCUT2D eigenvalue weighted by Crippen LogP contribution is -2.12. The molecule has 100 valence electrons. The van der Waals surface area contributed by atoms with E-state index in [1.54, 1.807) is 6.20 Å². The minimum atomic E-state index is 0.443. The summed E-state index contributed by atoms with van der Waals surface area (Å²) < 4.78 is 5.92. The summed E-state index contributed by atoms with van der Waals surface area (Å²) in [5, 5.41) is 0. The number of benzene rings is 1. The summed E-state index contributed by atoms with van der Waals surface area (Å²) in [5.41, 5.74) is 7.04. The molecule has 0 amide bonds. The van der Waals surface area contributed by atoms with Gasteiger partial charge in [-0.15, -0.1) is 0 Å². The number of nitrogens with two attached hydrogens (primary N) is 1. The molecule has 0 radical (unpaired) electrons. The number of hydrogen-bond acceptors (Lipinski definition) is 4. The molecule has 4 heteroatoms. The molecule has 0 unspecified atom stereocenters. The van der Waals surface area contributed by atoms with Crippen LogP contribution in [0.15, 0.2) is 30.5 Å². The summed E-state index contributed by atoms with van der Waals surface area (Å²) >= 11 is 0. The van der Waals surface area contributed by atoms with Gasteiger partial charge in [0.25, 0.3) is 0 Å². The standard InChI is InChI=1S/C15H19N3O/c1-10-7-11(2)14(12(3)8-10)19-9-13-5-4-6-17-15(13)18-16/h4-8H,9,16H2,1-3H3,(H,17,18). The van der Waals surface area contributed by atoms with Crippen molar-refractivity contribution < 1.29 is 4.74 Å². The van der Waals surface area contributed by atoms with Gasteiger partial charge in [-0.1, -0.05) is 23.8 Å². The van der Waals surface area contributed by atoms with Crippen molar-refractivity contribution >= 4 is 5.82 Å². The molecule has 0 saturated carbocycles. The van der Waals surface area contributed by atoms with Crippen molar-refractivity contribution in [2.75, 3.05) is 5.43 Å². The second-order valence-electron chi connectivity index (χ2n) is 4.67. The molecule has 0 fully saturated rings. The average molecular weight is 257 g/mol. The molecule has 0 aliphatic rings. The fourth-order valence-electron chi connectivity index (χ4n) is 2.23. The molecule has 19 heavy (non-hydrogen) atoms. The van der Waals surface area contributed by atoms with E-state index in [1.807, 2.05) is 12.1 Å². The largest absolute Gasteiger partial charge is 0.488 e. The number of anilines is 1. The third kappa shape index (κ3) is 3.03. The Morgan fingerprint density at radius 1 is 1.21 bits per heavy atom. The van der Waals surface area contributed by atoms with Crippen LogP contribution in [0.1, 0.15) is 22.3 Å². The third-order valence-corrected chi connectivity index (χ3v) is 3.00. The molecule has 0 spiro atoms. The first-order valence-corrected chi connectivity index (χ1v) is 6.23. The van der Waals surface area contributed by atoms with Crippen molar-refractivity contribution in [2.24, 2.45) is 5.84 Å². The highest BCUT2D eigenvalue weighted by Crippen LogP contribution is 2.26. The molecule has 0 bridgehead atoms. The molecular formula is C15H19N3O. The van der Waals surface area contributed by atoms with E-state index in [0.717, 1.165) is 22.4 Å². The highest BCUT2D eigenvalue weighted by Gasteiger charge is 2.07. The number of rotatable bonds is 4. The van der Waals surface area contributed by atoms with Gasteiger partial charge in [0, 0.05) is 11.8 Å². The highest BCUT2D eigenvalue weighted by molar-refractivity contribution is 5.45. The zero-order valence-electron chi connectivity index (χ0n) is 11.5. The summed E-state index contributed by atoms with van der Waals surface area (Å²) in [6, 6.07) is 8.05. The summed E-state index contributed by atoms with van der Waals surface area (Å²) in [7, 11) is 0. The van der Waals surface area contributed by atoms with Crippen LogP contribution in [0, 0.1) is 20.8 Å². The topological polar surface area (TPSA) is 60.2 Å². The van der Waals surface area contributed by atoms with Crippen LogP contribution in [-0.4, -0.2) is 4.98 Å². The fraction of sp³-hybridized carbons (Fsp3) is 0.267. The molecule has 1 aromatic carbocycles. The van der Waals surface area contributed by atoms with Crippen LogP contribution in [0.4, 0.5) is 5.82 Å². The molecule has 4 nitrogen and oxygen atoms in total. The second kappa shape index (κ2) is 5.71. The van der Waals surface area contributed by atoms with Crippen molar-refractivity contribution in [2.45, 2.75) is 27.4 Å². The third-order valence-electron chi connectivity index (χ3n) is 3.00. The summed E-state index contributed by atoms with van der Waals surface area (Å²) in [6.45, 7) is 6.64. The number of nitrogen functional groups attached to an aromatic ring is 1. The van der Waals surface area contributed by atoms with Crippen LogP contribution in [0.5, 0.6) is 5.75 Å². The van der Waals surface area contributed by atoms with E-state index < -0.39 is 0 Å². The van der Waals surface area contributed by atoms with Crippen LogP contribution >= 0.6 is 0 Å². The Morgan fingerprint density at radius 2 is 1.89 bits per heavy atom. The lowest BCUT2D eigenvalue weighted by atomic mass is 10.1. The highest BCUT2D eigenvalue weighted by atomic mass is 16.5. The van der Waals surface area contributed by atoms with E-state index in [9.17, 15) is 0 Å². The first-order chi connectivity index (χ1) is 9.11. The Morgan fingerprint density at radius 3 is 2.53 bits per heavy atom. The predicted octanol–water partition coefficient (Wildman–Crippen LogP) is 2.87. The van der Waals surface area contributed by atoms with E-state index in [2.05, 4.69) is 43.3 Å². The zero-order valence-corrected chi connectivity index (χ0v) is 11.5. The van der Waals surface area contributed by atoms with E-state index >= 15 is 0 Å². The van der Waals surface area contributed by atoms with Crippen molar-refractivity contribution in [3.63, 3.8) is 0 Å². The van der Waals surface area contributed by atoms with Gasteiger partial charge < -0.3 is 10.2 Å². The lowest BCUT2D eigenvalue weighted by Gasteiger charge is -2.14. The normalized spacial score (nSPS) is 10.3. The van der Waals surface area contributed by atoms with E-state index in [1.165, 1.54) is 5.56 Å². The minimum absolute atomic E-state index is 0.443. The smallest absolute Gasteiger partial charge is 0.146 e. The molecule has 1 heterocycles. The number of pyridine rings is 1. The van der Waals surface area contributed by atoms with Crippen LogP contribution in [-0.2, 0) is 6.61 Å².